The average molecular weight is 1930 g/mol. The van der Waals surface area contributed by atoms with Crippen LogP contribution in [-0.2, 0) is 81.7 Å². The average Bonchev–Trinajstić information content (AvgIpc) is 0.618. The van der Waals surface area contributed by atoms with Gasteiger partial charge in [0.15, 0.2) is 85.2 Å². The number of esters is 4. The summed E-state index contributed by atoms with van der Waals surface area (Å²) in [6.07, 6.45) is 18.1. The van der Waals surface area contributed by atoms with Crippen molar-refractivity contribution in [2.45, 2.75) is 240 Å². The van der Waals surface area contributed by atoms with E-state index in [1.807, 2.05) is 18.2 Å². The number of rotatable bonds is 29. The number of aryl methyl sites for hydroxylation is 5. The van der Waals surface area contributed by atoms with Crippen molar-refractivity contribution in [3.63, 3.8) is 0 Å². The van der Waals surface area contributed by atoms with Crippen molar-refractivity contribution in [2.75, 3.05) is 26.4 Å². The predicted molar refractivity (Wildman–Crippen MR) is 548 cm³/mol. The van der Waals surface area contributed by atoms with Gasteiger partial charge in [0.05, 0.1) is 43.6 Å². The van der Waals surface area contributed by atoms with Gasteiger partial charge < -0.3 is 37.9 Å². The highest BCUT2D eigenvalue weighted by Gasteiger charge is 2.92. The molecule has 0 saturated heterocycles. The van der Waals surface area contributed by atoms with E-state index in [0.29, 0.717) is 57.5 Å². The van der Waals surface area contributed by atoms with Crippen LogP contribution >= 0.6 is 0 Å². The maximum absolute atomic E-state index is 12.9. The molecule has 0 amide bonds. The summed E-state index contributed by atoms with van der Waals surface area (Å²) in [4.78, 5) is 66.2. The van der Waals surface area contributed by atoms with Crippen LogP contribution in [-0.4, -0.2) is 72.7 Å². The molecule has 3 spiro atoms. The van der Waals surface area contributed by atoms with Crippen LogP contribution in [0.5, 0.6) is 23.0 Å². The van der Waals surface area contributed by atoms with E-state index in [-0.39, 0.29) is 116 Å². The van der Waals surface area contributed by atoms with Crippen LogP contribution in [0.1, 0.15) is 152 Å². The van der Waals surface area contributed by atoms with Gasteiger partial charge in [-0.1, -0.05) is 159 Å². The Kier molecular flexibility index (Phi) is 25.1. The molecule has 12 unspecified atom stereocenters. The molecule has 139 heavy (non-hydrogen) atoms. The Bertz CT molecular complexity index is 6230. The Morgan fingerprint density at radius 3 is 0.799 bits per heavy atom. The predicted octanol–water partition coefficient (Wildman–Crippen LogP) is 26.8. The molecule has 13 fully saturated rings. The lowest BCUT2D eigenvalue weighted by Crippen LogP contribution is -2.90. The number of benzene rings is 12. The van der Waals surface area contributed by atoms with E-state index in [1.165, 1.54) is 123 Å². The molecule has 12 atom stereocenters. The quantitative estimate of drug-likeness (QED) is 0.0250. The lowest BCUT2D eigenvalue weighted by molar-refractivity contribution is -0.455. The molecular weight excluding hydrogens is 1800 g/mol. The highest BCUT2D eigenvalue weighted by molar-refractivity contribution is 7.98. The van der Waals surface area contributed by atoms with Crippen molar-refractivity contribution in [1.29, 1.82) is 0 Å². The van der Waals surface area contributed by atoms with E-state index < -0.39 is 0 Å². The lowest BCUT2D eigenvalue weighted by Gasteiger charge is -2.90. The van der Waals surface area contributed by atoms with Crippen LogP contribution in [0.4, 0.5) is 0 Å². The minimum atomic E-state index is -0.299. The van der Waals surface area contributed by atoms with Crippen LogP contribution in [0, 0.1) is 122 Å². The number of hydrogen-bond donors (Lipinski definition) is 0. The minimum absolute atomic E-state index is 0.0288. The maximum atomic E-state index is 12.9. The van der Waals surface area contributed by atoms with Crippen LogP contribution in [0.25, 0.3) is 0 Å². The van der Waals surface area contributed by atoms with E-state index in [1.54, 1.807) is 0 Å². The van der Waals surface area contributed by atoms with Crippen LogP contribution < -0.4 is 18.9 Å². The first kappa shape index (κ1) is 93.1. The topological polar surface area (TPSA) is 142 Å². The Morgan fingerprint density at radius 1 is 0.266 bits per heavy atom. The van der Waals surface area contributed by atoms with Gasteiger partial charge in [0.25, 0.3) is 0 Å². The first-order chi connectivity index (χ1) is 67.6. The van der Waals surface area contributed by atoms with Crippen LogP contribution in [0.3, 0.4) is 0 Å². The van der Waals surface area contributed by atoms with E-state index in [4.69, 9.17) is 37.9 Å². The van der Waals surface area contributed by atoms with Gasteiger partial charge in [-0.25, -0.2) is 19.2 Å². The van der Waals surface area contributed by atoms with Crippen molar-refractivity contribution in [1.82, 2.24) is 0 Å². The third kappa shape index (κ3) is 16.0. The summed E-state index contributed by atoms with van der Waals surface area (Å²) < 4.78 is 48.1. The van der Waals surface area contributed by atoms with E-state index >= 15 is 0 Å². The zero-order valence-corrected chi connectivity index (χ0v) is 84.6. The summed E-state index contributed by atoms with van der Waals surface area (Å²) >= 11 is 0. The van der Waals surface area contributed by atoms with E-state index in [0.717, 1.165) is 113 Å². The maximum Gasteiger partial charge on any atom is 0.344 e. The highest BCUT2D eigenvalue weighted by atomic mass is 32.2. The Labute approximate surface area is 832 Å². The summed E-state index contributed by atoms with van der Waals surface area (Å²) in [7, 11) is -0.823. The van der Waals surface area contributed by atoms with Gasteiger partial charge in [-0.3, -0.25) is 0 Å². The molecule has 13 aliphatic carbocycles. The van der Waals surface area contributed by atoms with Crippen molar-refractivity contribution >= 4 is 67.5 Å². The zero-order chi connectivity index (χ0) is 95.3. The molecule has 12 nitrogen and oxygen atoms in total. The molecular formula is C123H128O12S4+4. The molecule has 0 aromatic heterocycles. The number of ether oxygens (including phenoxy) is 8. The molecule has 0 aliphatic heterocycles. The molecule has 0 radical (unpaired) electrons. The second kappa shape index (κ2) is 37.5. The smallest absolute Gasteiger partial charge is 0.344 e. The molecule has 0 heterocycles. The third-order valence-corrected chi connectivity index (χ3v) is 44.6. The fraction of sp³-hybridized carbons (Fsp3) is 0.382. The normalized spacial score (nSPS) is 28.8. The third-order valence-electron chi connectivity index (χ3n) is 35.6. The Hall–Kier alpha value is -10.9. The van der Waals surface area contributed by atoms with Crippen molar-refractivity contribution in [2.24, 2.45) is 87.3 Å². The second-order valence-electron chi connectivity index (χ2n) is 42.2. The van der Waals surface area contributed by atoms with Gasteiger partial charge >= 0.3 is 23.9 Å². The molecule has 12 aromatic rings. The monoisotopic (exact) mass is 1920 g/mol. The van der Waals surface area contributed by atoms with Crippen molar-refractivity contribution < 1.29 is 57.1 Å². The van der Waals surface area contributed by atoms with Crippen molar-refractivity contribution in [3.8, 4) is 23.0 Å². The summed E-state index contributed by atoms with van der Waals surface area (Å²) in [6.45, 7) is 18.9. The first-order valence-electron chi connectivity index (χ1n) is 50.8. The largest absolute Gasteiger partial charge is 0.482 e. The van der Waals surface area contributed by atoms with E-state index in [2.05, 4.69) is 353 Å². The summed E-state index contributed by atoms with van der Waals surface area (Å²) in [5.41, 5.74) is 6.00. The van der Waals surface area contributed by atoms with Gasteiger partial charge in [-0.15, -0.1) is 0 Å². The molecule has 712 valence electrons. The van der Waals surface area contributed by atoms with Gasteiger partial charge in [0.1, 0.15) is 45.4 Å². The second-order valence-corrected chi connectivity index (χ2v) is 50.3. The standard InChI is InChI=1S/C32H33O3S.C31H31O3S.C30H29O3S.C30H35O3S/c1-20-14-26(36(24-10-6-4-7-11-24)25-12-8-5-9-13-25)15-21(2)30(20)34-19-29(33)35-31(3)27-17-22-16-23-18-28(31)32(22,23)27;1-20-15-23(13-14-26(20)35(24-9-5-3-6-10-24)25-11-7-4-8-12-25)33-19-29(32)34-30(2)27-17-21-16-22-18-28(30)31(21,22)27;1-29(26-17-20-16-21-18-27(29)30(20,21)26)33-28(31)19-32-22-12-14-25(15-13-22)34(23-8-4-2-5-9-23)24-10-6-3-7-11-24;1-4-30(18-12-7-13-19-30)33-28(31)22-32-29-23(2)20-27(21-24(29)3)34(25-14-8-5-9-15-25)26-16-10-6-11-17-26/h4-15,22-23,27-28H,16-19H2,1-3H3;3-15,21-22,27-28H,16-19H2,1-2H3;2-15,20-21,26-27H,16-19H2,1H3;5-6,8-11,14-17,20-21H,4,7,12-13,18-19,22H2,1-3H3/q4*+1. The molecule has 25 rings (SSSR count). The number of carbonyl (C=O) groups excluding carboxylic acids is 4. The summed E-state index contributed by atoms with van der Waals surface area (Å²) in [6, 6.07) is 108. The van der Waals surface area contributed by atoms with Gasteiger partial charge in [-0.2, -0.15) is 0 Å². The molecule has 13 saturated carbocycles. The van der Waals surface area contributed by atoms with Gasteiger partial charge in [-0.05, 0) is 359 Å². The molecule has 0 N–H and O–H groups in total. The van der Waals surface area contributed by atoms with Gasteiger partial charge in [0.2, 0.25) is 0 Å². The molecule has 13 aliphatic rings. The summed E-state index contributed by atoms with van der Waals surface area (Å²) in [5, 5.41) is 0. The van der Waals surface area contributed by atoms with Crippen LogP contribution in [0.2, 0.25) is 0 Å². The van der Waals surface area contributed by atoms with Crippen molar-refractivity contribution in [3.05, 3.63) is 337 Å². The number of hydrogen-bond acceptors (Lipinski definition) is 12. The first-order valence-corrected chi connectivity index (χ1v) is 55.7. The number of carbonyl (C=O) groups is 4. The fourth-order valence-corrected chi connectivity index (χ4v) is 38.3. The summed E-state index contributed by atoms with van der Waals surface area (Å²) in [5.74, 6) is 11.2. The minimum Gasteiger partial charge on any atom is -0.482 e. The molecule has 12 aromatic carbocycles. The SMILES string of the molecule is CC1(OC(=O)COc2ccc([S+](c3ccccc3)c3ccccc3)cc2)C2CC3CC4CC1C342.CCC1(OC(=O)COc2c(C)cc([S+](c3ccccc3)c3ccccc3)cc2C)CCCCC1.Cc1cc(OCC(=O)OC2(C)C3CC4CC5CC2C453)ccc1[S+](c1ccccc1)c1ccccc1.Cc1cc([S+](c2ccccc2)c2ccccc2)cc(C)c1OCC(=O)OC1(C)C2CC3CC4CC1C342. The Morgan fingerprint density at radius 2 is 0.518 bits per heavy atom. The molecule has 0 bridgehead atoms. The lowest BCUT2D eigenvalue weighted by atomic mass is 9.15. The van der Waals surface area contributed by atoms with E-state index in [9.17, 15) is 19.2 Å². The van der Waals surface area contributed by atoms with Crippen LogP contribution in [0.15, 0.2) is 368 Å². The fourth-order valence-electron chi connectivity index (χ4n) is 29.5. The Balaban J connectivity index is 0.000000107. The highest BCUT2D eigenvalue weighted by Crippen LogP contribution is 2.93. The van der Waals surface area contributed by atoms with Gasteiger partial charge in [0, 0.05) is 65.3 Å². The zero-order valence-electron chi connectivity index (χ0n) is 81.3. The molecule has 16 heteroatoms.